The zero-order chi connectivity index (χ0) is 10.8. The second-order valence-corrected chi connectivity index (χ2v) is 3.86. The number of nitrogens with zero attached hydrogens (tertiary/aromatic N) is 2. The Morgan fingerprint density at radius 3 is 2.87 bits per heavy atom. The highest BCUT2D eigenvalue weighted by Gasteiger charge is 2.26. The number of pyridine rings is 1. The van der Waals surface area contributed by atoms with Crippen LogP contribution in [0.4, 0.5) is 15.9 Å². The Morgan fingerprint density at radius 1 is 1.47 bits per heavy atom. The molecule has 2 rings (SSSR count). The van der Waals surface area contributed by atoms with Crippen LogP contribution in [-0.2, 0) is 0 Å². The normalized spacial score (nSPS) is 26.7. The first kappa shape index (κ1) is 10.2. The predicted octanol–water partition coefficient (Wildman–Crippen LogP) is 0.539. The Bertz CT molecular complexity index is 327. The minimum Gasteiger partial charge on any atom is -0.384 e. The van der Waals surface area contributed by atoms with Crippen LogP contribution in [0.3, 0.4) is 0 Å². The molecule has 4 nitrogen and oxygen atoms in total. The maximum absolute atomic E-state index is 13.4. The van der Waals surface area contributed by atoms with Gasteiger partial charge in [-0.1, -0.05) is 0 Å². The number of hydrogen-bond acceptors (Lipinski definition) is 4. The molecule has 0 aliphatic carbocycles. The summed E-state index contributed by atoms with van der Waals surface area (Å²) in [6.45, 7) is 1.11. The van der Waals surface area contributed by atoms with Crippen molar-refractivity contribution < 1.29 is 4.39 Å². The predicted molar refractivity (Wildman–Crippen MR) is 58.4 cm³/mol. The van der Waals surface area contributed by atoms with Gasteiger partial charge in [-0.3, -0.25) is 0 Å². The summed E-state index contributed by atoms with van der Waals surface area (Å²) in [6, 6.07) is 3.24. The van der Waals surface area contributed by atoms with Gasteiger partial charge in [0, 0.05) is 12.6 Å². The lowest BCUT2D eigenvalue weighted by molar-refractivity contribution is 0.251. The van der Waals surface area contributed by atoms with Gasteiger partial charge < -0.3 is 16.4 Å². The van der Waals surface area contributed by atoms with Crippen molar-refractivity contribution in [3.05, 3.63) is 18.3 Å². The quantitative estimate of drug-likeness (QED) is 0.710. The van der Waals surface area contributed by atoms with E-state index in [0.717, 1.165) is 12.2 Å². The summed E-state index contributed by atoms with van der Waals surface area (Å²) in [5, 5.41) is 0. The highest BCUT2D eigenvalue weighted by atomic mass is 19.1. The molecule has 1 aliphatic heterocycles. The zero-order valence-electron chi connectivity index (χ0n) is 8.44. The molecule has 1 aromatic rings. The van der Waals surface area contributed by atoms with Gasteiger partial charge in [-0.15, -0.1) is 0 Å². The van der Waals surface area contributed by atoms with E-state index in [4.69, 9.17) is 11.5 Å². The van der Waals surface area contributed by atoms with Crippen molar-refractivity contribution in [2.75, 3.05) is 23.7 Å². The van der Waals surface area contributed by atoms with Crippen LogP contribution in [0, 0.1) is 0 Å². The van der Waals surface area contributed by atoms with E-state index in [1.165, 1.54) is 0 Å². The molecule has 15 heavy (non-hydrogen) atoms. The standard InChI is InChI=1S/C10H15FN4/c11-8-6-15(4-3-9(8)12)7-1-2-10(13)14-5-7/h1-2,5,8-9H,3-4,6,12H2,(H2,13,14)/t8-,9+/m0/s1. The van der Waals surface area contributed by atoms with Crippen LogP contribution in [0.1, 0.15) is 6.42 Å². The number of anilines is 2. The van der Waals surface area contributed by atoms with Gasteiger partial charge in [-0.25, -0.2) is 9.37 Å². The van der Waals surface area contributed by atoms with Gasteiger partial charge in [0.1, 0.15) is 12.0 Å². The number of alkyl halides is 1. The first-order chi connectivity index (χ1) is 7.16. The molecule has 2 atom stereocenters. The van der Waals surface area contributed by atoms with Crippen molar-refractivity contribution in [3.63, 3.8) is 0 Å². The first-order valence-corrected chi connectivity index (χ1v) is 5.03. The molecule has 0 aromatic carbocycles. The number of rotatable bonds is 1. The summed E-state index contributed by atoms with van der Waals surface area (Å²) in [4.78, 5) is 5.93. The summed E-state index contributed by atoms with van der Waals surface area (Å²) in [5.74, 6) is 0.476. The highest BCUT2D eigenvalue weighted by Crippen LogP contribution is 2.20. The second-order valence-electron chi connectivity index (χ2n) is 3.86. The Hall–Kier alpha value is -1.36. The Kier molecular flexibility index (Phi) is 2.73. The van der Waals surface area contributed by atoms with Crippen LogP contribution in [0.2, 0.25) is 0 Å². The molecule has 0 spiro atoms. The third-order valence-electron chi connectivity index (χ3n) is 2.73. The summed E-state index contributed by atoms with van der Waals surface area (Å²) in [7, 11) is 0. The number of piperidine rings is 1. The van der Waals surface area contributed by atoms with E-state index in [1.54, 1.807) is 12.3 Å². The topological polar surface area (TPSA) is 68.2 Å². The maximum Gasteiger partial charge on any atom is 0.133 e. The molecule has 1 fully saturated rings. The molecule has 5 heteroatoms. The average molecular weight is 210 g/mol. The third kappa shape index (κ3) is 2.18. The SMILES string of the molecule is Nc1ccc(N2CC[C@@H](N)[C@@H](F)C2)cn1. The van der Waals surface area contributed by atoms with Gasteiger partial charge >= 0.3 is 0 Å². The number of aromatic nitrogens is 1. The molecule has 1 aliphatic rings. The molecule has 1 aromatic heterocycles. The Balaban J connectivity index is 2.08. The van der Waals surface area contributed by atoms with E-state index in [2.05, 4.69) is 4.98 Å². The molecule has 0 radical (unpaired) electrons. The summed E-state index contributed by atoms with van der Waals surface area (Å²) in [6.07, 6.45) is 1.38. The fourth-order valence-corrected chi connectivity index (χ4v) is 1.74. The fraction of sp³-hybridized carbons (Fsp3) is 0.500. The summed E-state index contributed by atoms with van der Waals surface area (Å²) >= 11 is 0. The van der Waals surface area contributed by atoms with Crippen molar-refractivity contribution in [1.29, 1.82) is 0 Å². The fourth-order valence-electron chi connectivity index (χ4n) is 1.74. The van der Waals surface area contributed by atoms with E-state index in [1.807, 2.05) is 11.0 Å². The Labute approximate surface area is 88.1 Å². The molecular weight excluding hydrogens is 195 g/mol. The molecule has 0 amide bonds. The van der Waals surface area contributed by atoms with Crippen molar-refractivity contribution in [2.24, 2.45) is 5.73 Å². The highest BCUT2D eigenvalue weighted by molar-refractivity contribution is 5.48. The van der Waals surface area contributed by atoms with Crippen LogP contribution in [0.25, 0.3) is 0 Å². The lowest BCUT2D eigenvalue weighted by atomic mass is 10.0. The minimum absolute atomic E-state index is 0.331. The molecule has 1 saturated heterocycles. The molecule has 0 bridgehead atoms. The van der Waals surface area contributed by atoms with Crippen LogP contribution < -0.4 is 16.4 Å². The van der Waals surface area contributed by atoms with Crippen molar-refractivity contribution in [1.82, 2.24) is 4.98 Å². The van der Waals surface area contributed by atoms with Gasteiger partial charge in [0.2, 0.25) is 0 Å². The van der Waals surface area contributed by atoms with E-state index in [0.29, 0.717) is 18.8 Å². The molecule has 0 saturated carbocycles. The molecule has 82 valence electrons. The maximum atomic E-state index is 13.4. The molecule has 4 N–H and O–H groups in total. The number of nitrogens with two attached hydrogens (primary N) is 2. The van der Waals surface area contributed by atoms with Gasteiger partial charge in [-0.05, 0) is 18.6 Å². The number of hydrogen-bond donors (Lipinski definition) is 2. The van der Waals surface area contributed by atoms with Gasteiger partial charge in [-0.2, -0.15) is 0 Å². The second kappa shape index (κ2) is 4.02. The average Bonchev–Trinajstić information content (AvgIpc) is 2.23. The Morgan fingerprint density at radius 2 is 2.27 bits per heavy atom. The van der Waals surface area contributed by atoms with Crippen LogP contribution in [0.5, 0.6) is 0 Å². The largest absolute Gasteiger partial charge is 0.384 e. The minimum atomic E-state index is -0.962. The summed E-state index contributed by atoms with van der Waals surface area (Å²) in [5.41, 5.74) is 12.0. The van der Waals surface area contributed by atoms with Gasteiger partial charge in [0.05, 0.1) is 18.4 Å². The van der Waals surface area contributed by atoms with E-state index in [9.17, 15) is 4.39 Å². The smallest absolute Gasteiger partial charge is 0.133 e. The van der Waals surface area contributed by atoms with E-state index < -0.39 is 6.17 Å². The molecule has 2 heterocycles. The molecular formula is C10H15FN4. The van der Waals surface area contributed by atoms with Gasteiger partial charge in [0.15, 0.2) is 0 Å². The van der Waals surface area contributed by atoms with Gasteiger partial charge in [0.25, 0.3) is 0 Å². The molecule has 0 unspecified atom stereocenters. The lowest BCUT2D eigenvalue weighted by Crippen LogP contribution is -2.48. The zero-order valence-corrected chi connectivity index (χ0v) is 8.44. The van der Waals surface area contributed by atoms with E-state index >= 15 is 0 Å². The van der Waals surface area contributed by atoms with Crippen LogP contribution in [0.15, 0.2) is 18.3 Å². The third-order valence-corrected chi connectivity index (χ3v) is 2.73. The van der Waals surface area contributed by atoms with Crippen molar-refractivity contribution in [3.8, 4) is 0 Å². The summed E-state index contributed by atoms with van der Waals surface area (Å²) < 4.78 is 13.4. The van der Waals surface area contributed by atoms with Crippen molar-refractivity contribution in [2.45, 2.75) is 18.6 Å². The number of halogens is 1. The first-order valence-electron chi connectivity index (χ1n) is 5.03. The van der Waals surface area contributed by atoms with Crippen LogP contribution in [-0.4, -0.2) is 30.3 Å². The van der Waals surface area contributed by atoms with Crippen molar-refractivity contribution >= 4 is 11.5 Å². The van der Waals surface area contributed by atoms with E-state index in [-0.39, 0.29) is 6.04 Å². The van der Waals surface area contributed by atoms with Crippen LogP contribution >= 0.6 is 0 Å². The number of nitrogen functional groups attached to an aromatic ring is 1. The monoisotopic (exact) mass is 210 g/mol. The lowest BCUT2D eigenvalue weighted by Gasteiger charge is -2.34.